The molecular weight excluding hydrogens is 278 g/mol. The van der Waals surface area contributed by atoms with Crippen LogP contribution in [0.5, 0.6) is 0 Å². The van der Waals surface area contributed by atoms with Gasteiger partial charge in [0, 0.05) is 50.6 Å². The van der Waals surface area contributed by atoms with Crippen LogP contribution >= 0.6 is 0 Å². The Kier molecular flexibility index (Phi) is 3.18. The summed E-state index contributed by atoms with van der Waals surface area (Å²) in [5.74, 6) is 0.207. The second-order valence-electron chi connectivity index (χ2n) is 6.10. The first-order valence-electron chi connectivity index (χ1n) is 7.66. The van der Waals surface area contributed by atoms with Crippen LogP contribution in [-0.4, -0.2) is 44.2 Å². The van der Waals surface area contributed by atoms with Gasteiger partial charge in [-0.05, 0) is 18.6 Å². The van der Waals surface area contributed by atoms with Gasteiger partial charge < -0.3 is 4.90 Å². The van der Waals surface area contributed by atoms with Crippen molar-refractivity contribution >= 4 is 11.6 Å². The number of aryl methyl sites for hydroxylation is 1. The summed E-state index contributed by atoms with van der Waals surface area (Å²) in [5.41, 5.74) is 2.12. The molecule has 0 bridgehead atoms. The molecule has 6 nitrogen and oxygen atoms in total. The molecule has 2 saturated heterocycles. The Balaban J connectivity index is 1.54. The molecule has 22 heavy (non-hydrogen) atoms. The third kappa shape index (κ3) is 2.20. The Morgan fingerprint density at radius 3 is 2.95 bits per heavy atom. The van der Waals surface area contributed by atoms with Crippen LogP contribution in [-0.2, 0) is 18.4 Å². The first-order chi connectivity index (χ1) is 10.7. The van der Waals surface area contributed by atoms with Crippen LogP contribution in [0.25, 0.3) is 0 Å². The van der Waals surface area contributed by atoms with Gasteiger partial charge in [0.2, 0.25) is 5.91 Å². The number of pyridine rings is 1. The number of hydrogen-bond acceptors (Lipinski definition) is 4. The van der Waals surface area contributed by atoms with Gasteiger partial charge in [-0.15, -0.1) is 0 Å². The minimum absolute atomic E-state index is 0.207. The van der Waals surface area contributed by atoms with E-state index in [9.17, 15) is 4.79 Å². The Morgan fingerprint density at radius 1 is 1.32 bits per heavy atom. The van der Waals surface area contributed by atoms with E-state index in [1.165, 1.54) is 5.56 Å². The van der Waals surface area contributed by atoms with Crippen molar-refractivity contribution in [1.82, 2.24) is 19.7 Å². The van der Waals surface area contributed by atoms with E-state index in [4.69, 9.17) is 0 Å². The summed E-state index contributed by atoms with van der Waals surface area (Å²) in [7, 11) is 1.93. The van der Waals surface area contributed by atoms with Crippen molar-refractivity contribution in [1.29, 1.82) is 0 Å². The van der Waals surface area contributed by atoms with Crippen LogP contribution in [0.3, 0.4) is 0 Å². The van der Waals surface area contributed by atoms with Crippen molar-refractivity contribution in [3.8, 4) is 0 Å². The van der Waals surface area contributed by atoms with E-state index in [1.54, 1.807) is 12.4 Å². The zero-order valence-electron chi connectivity index (χ0n) is 12.6. The second kappa shape index (κ2) is 5.21. The first-order valence-corrected chi connectivity index (χ1v) is 7.66. The number of likely N-dealkylation sites (tertiary alicyclic amines) is 1. The Bertz CT molecular complexity index is 683. The summed E-state index contributed by atoms with van der Waals surface area (Å²) >= 11 is 0. The zero-order chi connectivity index (χ0) is 15.1. The van der Waals surface area contributed by atoms with E-state index < -0.39 is 0 Å². The van der Waals surface area contributed by atoms with E-state index in [0.717, 1.165) is 25.2 Å². The van der Waals surface area contributed by atoms with E-state index in [2.05, 4.69) is 15.0 Å². The summed E-state index contributed by atoms with van der Waals surface area (Å²) in [6.45, 7) is 1.89. The summed E-state index contributed by atoms with van der Waals surface area (Å²) < 4.78 is 1.82. The van der Waals surface area contributed by atoms with Crippen molar-refractivity contribution < 1.29 is 4.79 Å². The highest BCUT2D eigenvalue weighted by molar-refractivity contribution is 5.97. The highest BCUT2D eigenvalue weighted by atomic mass is 16.2. The second-order valence-corrected chi connectivity index (χ2v) is 6.10. The van der Waals surface area contributed by atoms with Crippen LogP contribution in [0.15, 0.2) is 36.9 Å². The van der Waals surface area contributed by atoms with Crippen LogP contribution < -0.4 is 4.90 Å². The standard InChI is InChI=1S/C16H19N5O/c1-19-10-12(8-18-19)11-20-6-4-14-15(20)7-16(22)21(14)13-3-2-5-17-9-13/h2-3,5,8-10,14-15H,4,6-7,11H2,1H3/t14-,15-/m1/s1. The Morgan fingerprint density at radius 2 is 2.23 bits per heavy atom. The molecule has 0 N–H and O–H groups in total. The number of rotatable bonds is 3. The maximum atomic E-state index is 12.4. The summed E-state index contributed by atoms with van der Waals surface area (Å²) in [5, 5.41) is 4.23. The molecule has 4 rings (SSSR count). The molecule has 2 fully saturated rings. The highest BCUT2D eigenvalue weighted by Crippen LogP contribution is 2.36. The Labute approximate surface area is 129 Å². The zero-order valence-corrected chi connectivity index (χ0v) is 12.6. The largest absolute Gasteiger partial charge is 0.306 e. The van der Waals surface area contributed by atoms with Crippen molar-refractivity contribution in [2.24, 2.45) is 7.05 Å². The molecule has 0 aliphatic carbocycles. The van der Waals surface area contributed by atoms with Gasteiger partial charge >= 0.3 is 0 Å². The molecule has 0 spiro atoms. The maximum absolute atomic E-state index is 12.4. The van der Waals surface area contributed by atoms with Crippen molar-refractivity contribution in [3.63, 3.8) is 0 Å². The van der Waals surface area contributed by atoms with Gasteiger partial charge in [-0.1, -0.05) is 0 Å². The van der Waals surface area contributed by atoms with Crippen molar-refractivity contribution in [2.75, 3.05) is 11.4 Å². The fourth-order valence-corrected chi connectivity index (χ4v) is 3.74. The third-order valence-corrected chi connectivity index (χ3v) is 4.68. The lowest BCUT2D eigenvalue weighted by Crippen LogP contribution is -2.37. The van der Waals surface area contributed by atoms with Gasteiger partial charge in [-0.2, -0.15) is 5.10 Å². The molecule has 0 radical (unpaired) electrons. The predicted molar refractivity (Wildman–Crippen MR) is 82.2 cm³/mol. The lowest BCUT2D eigenvalue weighted by atomic mass is 10.1. The number of amides is 1. The molecule has 2 atom stereocenters. The van der Waals surface area contributed by atoms with Gasteiger partial charge in [-0.25, -0.2) is 0 Å². The average Bonchev–Trinajstić information content (AvgIpc) is 3.17. The van der Waals surface area contributed by atoms with Gasteiger partial charge in [-0.3, -0.25) is 19.4 Å². The Hall–Kier alpha value is -2.21. The van der Waals surface area contributed by atoms with Crippen molar-refractivity contribution in [3.05, 3.63) is 42.5 Å². The summed E-state index contributed by atoms with van der Waals surface area (Å²) in [6.07, 6.45) is 9.09. The van der Waals surface area contributed by atoms with Crippen LogP contribution in [0.4, 0.5) is 5.69 Å². The van der Waals surface area contributed by atoms with Gasteiger partial charge in [0.05, 0.1) is 24.1 Å². The molecular formula is C16H19N5O. The molecule has 2 aromatic heterocycles. The van der Waals surface area contributed by atoms with E-state index in [0.29, 0.717) is 12.5 Å². The minimum atomic E-state index is 0.207. The molecule has 4 heterocycles. The summed E-state index contributed by atoms with van der Waals surface area (Å²) in [6, 6.07) is 4.43. The normalized spacial score (nSPS) is 25.0. The number of nitrogens with zero attached hydrogens (tertiary/aromatic N) is 5. The number of carbonyl (C=O) groups excluding carboxylic acids is 1. The number of hydrogen-bond donors (Lipinski definition) is 0. The highest BCUT2D eigenvalue weighted by Gasteiger charge is 2.47. The molecule has 0 saturated carbocycles. The number of anilines is 1. The predicted octanol–water partition coefficient (Wildman–Crippen LogP) is 1.19. The average molecular weight is 297 g/mol. The smallest absolute Gasteiger partial charge is 0.229 e. The molecule has 0 aromatic carbocycles. The van der Waals surface area contributed by atoms with E-state index >= 15 is 0 Å². The quantitative estimate of drug-likeness (QED) is 0.854. The summed E-state index contributed by atoms with van der Waals surface area (Å²) in [4.78, 5) is 21.0. The number of carbonyl (C=O) groups is 1. The first kappa shape index (κ1) is 13.5. The topological polar surface area (TPSA) is 54.3 Å². The van der Waals surface area contributed by atoms with E-state index in [-0.39, 0.29) is 11.9 Å². The van der Waals surface area contributed by atoms with Gasteiger partial charge in [0.15, 0.2) is 0 Å². The fraction of sp³-hybridized carbons (Fsp3) is 0.438. The van der Waals surface area contributed by atoms with Gasteiger partial charge in [0.25, 0.3) is 0 Å². The molecule has 6 heteroatoms. The van der Waals surface area contributed by atoms with Crippen LogP contribution in [0, 0.1) is 0 Å². The van der Waals surface area contributed by atoms with E-state index in [1.807, 2.05) is 41.2 Å². The maximum Gasteiger partial charge on any atom is 0.229 e. The monoisotopic (exact) mass is 297 g/mol. The molecule has 1 amide bonds. The number of aromatic nitrogens is 3. The molecule has 2 aromatic rings. The minimum Gasteiger partial charge on any atom is -0.306 e. The number of fused-ring (bicyclic) bond motifs is 1. The molecule has 2 aliphatic rings. The van der Waals surface area contributed by atoms with Crippen LogP contribution in [0.1, 0.15) is 18.4 Å². The third-order valence-electron chi connectivity index (χ3n) is 4.68. The molecule has 114 valence electrons. The lowest BCUT2D eigenvalue weighted by Gasteiger charge is -2.25. The van der Waals surface area contributed by atoms with Crippen molar-refractivity contribution in [2.45, 2.75) is 31.5 Å². The van der Waals surface area contributed by atoms with Gasteiger partial charge in [0.1, 0.15) is 0 Å². The molecule has 2 aliphatic heterocycles. The van der Waals surface area contributed by atoms with Crippen LogP contribution in [0.2, 0.25) is 0 Å². The SMILES string of the molecule is Cn1cc(CN2CC[C@@H]3[C@H]2CC(=O)N3c2cccnc2)cn1. The fourth-order valence-electron chi connectivity index (χ4n) is 3.74. The lowest BCUT2D eigenvalue weighted by molar-refractivity contribution is -0.117. The molecule has 0 unspecified atom stereocenters.